The molecule has 3 nitrogen and oxygen atoms in total. The Balaban J connectivity index is 1.19. The van der Waals surface area contributed by atoms with Crippen LogP contribution in [0.15, 0.2) is 199 Å². The first-order valence-electron chi connectivity index (χ1n) is 18.1. The zero-order chi connectivity index (χ0) is 34.9. The predicted molar refractivity (Wildman–Crippen MR) is 223 cm³/mol. The maximum atomic E-state index is 6.64. The number of benzene rings is 9. The van der Waals surface area contributed by atoms with Crippen molar-refractivity contribution in [1.29, 1.82) is 0 Å². The van der Waals surface area contributed by atoms with Gasteiger partial charge in [0.2, 0.25) is 0 Å². The molecule has 2 heterocycles. The zero-order valence-electron chi connectivity index (χ0n) is 28.8. The van der Waals surface area contributed by atoms with Crippen molar-refractivity contribution in [3.63, 3.8) is 0 Å². The highest BCUT2D eigenvalue weighted by Gasteiger charge is 2.20. The van der Waals surface area contributed by atoms with Crippen molar-refractivity contribution in [2.45, 2.75) is 0 Å². The van der Waals surface area contributed by atoms with Gasteiger partial charge in [-0.2, -0.15) is 0 Å². The molecule has 0 unspecified atom stereocenters. The highest BCUT2D eigenvalue weighted by atomic mass is 16.3. The first-order valence-corrected chi connectivity index (χ1v) is 18.1. The molecule has 0 spiro atoms. The summed E-state index contributed by atoms with van der Waals surface area (Å²) in [7, 11) is 0. The van der Waals surface area contributed by atoms with E-state index in [-0.39, 0.29) is 0 Å². The van der Waals surface area contributed by atoms with Crippen molar-refractivity contribution in [2.24, 2.45) is 0 Å². The van der Waals surface area contributed by atoms with Gasteiger partial charge in [-0.05, 0) is 99.4 Å². The molecular formula is C50H32N2O. The van der Waals surface area contributed by atoms with E-state index in [9.17, 15) is 0 Å². The van der Waals surface area contributed by atoms with E-state index in [1.54, 1.807) is 0 Å². The van der Waals surface area contributed by atoms with Crippen molar-refractivity contribution >= 4 is 82.4 Å². The molecule has 0 aliphatic rings. The van der Waals surface area contributed by atoms with Crippen LogP contribution in [0.3, 0.4) is 0 Å². The summed E-state index contributed by atoms with van der Waals surface area (Å²) in [4.78, 5) is 2.38. The molecule has 2 aromatic heterocycles. The van der Waals surface area contributed by atoms with Crippen molar-refractivity contribution < 1.29 is 4.42 Å². The van der Waals surface area contributed by atoms with Gasteiger partial charge in [0.1, 0.15) is 11.2 Å². The van der Waals surface area contributed by atoms with Crippen LogP contribution < -0.4 is 4.90 Å². The topological polar surface area (TPSA) is 21.3 Å². The second-order valence-electron chi connectivity index (χ2n) is 13.8. The molecule has 9 aromatic carbocycles. The smallest absolute Gasteiger partial charge is 0.137 e. The quantitative estimate of drug-likeness (QED) is 0.181. The summed E-state index contributed by atoms with van der Waals surface area (Å²) >= 11 is 0. The second-order valence-corrected chi connectivity index (χ2v) is 13.8. The maximum absolute atomic E-state index is 6.64. The molecular weight excluding hydrogens is 645 g/mol. The highest BCUT2D eigenvalue weighted by molar-refractivity contribution is 6.12. The Bertz CT molecular complexity index is 3170. The van der Waals surface area contributed by atoms with Crippen LogP contribution in [0.25, 0.3) is 82.1 Å². The van der Waals surface area contributed by atoms with Crippen LogP contribution in [0.4, 0.5) is 17.1 Å². The summed E-state index contributed by atoms with van der Waals surface area (Å²) in [5, 5.41) is 9.48. The fraction of sp³-hybridized carbons (Fsp3) is 0. The van der Waals surface area contributed by atoms with E-state index >= 15 is 0 Å². The lowest BCUT2D eigenvalue weighted by molar-refractivity contribution is 0.669. The molecule has 11 aromatic rings. The second kappa shape index (κ2) is 11.7. The van der Waals surface area contributed by atoms with Crippen LogP contribution in [0.5, 0.6) is 0 Å². The highest BCUT2D eigenvalue weighted by Crippen LogP contribution is 2.44. The van der Waals surface area contributed by atoms with E-state index in [4.69, 9.17) is 4.42 Å². The first kappa shape index (κ1) is 29.6. The third kappa shape index (κ3) is 4.75. The number of para-hydroxylation sites is 2. The predicted octanol–water partition coefficient (Wildman–Crippen LogP) is 14.1. The molecule has 0 bridgehead atoms. The molecule has 0 radical (unpaired) electrons. The maximum Gasteiger partial charge on any atom is 0.137 e. The zero-order valence-corrected chi connectivity index (χ0v) is 28.8. The molecule has 0 N–H and O–H groups in total. The Morgan fingerprint density at radius 3 is 1.77 bits per heavy atom. The fourth-order valence-electron chi connectivity index (χ4n) is 8.27. The summed E-state index contributed by atoms with van der Waals surface area (Å²) in [5.41, 5.74) is 10.8. The minimum Gasteiger partial charge on any atom is -0.456 e. The molecule has 0 amide bonds. The van der Waals surface area contributed by atoms with Crippen LogP contribution in [0, 0.1) is 0 Å². The van der Waals surface area contributed by atoms with E-state index < -0.39 is 0 Å². The summed E-state index contributed by atoms with van der Waals surface area (Å²) < 4.78 is 9.03. The van der Waals surface area contributed by atoms with Gasteiger partial charge in [-0.1, -0.05) is 121 Å². The minimum atomic E-state index is 0.862. The molecule has 248 valence electrons. The standard InChI is InChI=1S/C50H32N2O/c1-3-13-33(14-4-1)45-30-40(27-36-17-9-10-20-41(36)45)51(39-24-26-44-46-28-34-15-7-8-16-35(34)29-49(46)53-50(44)32-39)38-23-25-43-42-21-11-12-22-47(42)52(48(43)31-38)37-18-5-2-6-19-37/h1-32H. The number of hydrogen-bond acceptors (Lipinski definition) is 2. The summed E-state index contributed by atoms with van der Waals surface area (Å²) in [5.74, 6) is 0. The van der Waals surface area contributed by atoms with Gasteiger partial charge in [0, 0.05) is 50.4 Å². The lowest BCUT2D eigenvalue weighted by Crippen LogP contribution is -2.10. The van der Waals surface area contributed by atoms with Gasteiger partial charge in [-0.25, -0.2) is 0 Å². The lowest BCUT2D eigenvalue weighted by Gasteiger charge is -2.27. The van der Waals surface area contributed by atoms with E-state index in [0.717, 1.165) is 50.2 Å². The Kier molecular flexibility index (Phi) is 6.55. The summed E-state index contributed by atoms with van der Waals surface area (Å²) in [6.07, 6.45) is 0. The molecule has 53 heavy (non-hydrogen) atoms. The molecule has 0 saturated carbocycles. The minimum absolute atomic E-state index is 0.862. The molecule has 0 fully saturated rings. The number of rotatable bonds is 5. The van der Waals surface area contributed by atoms with Crippen molar-refractivity contribution in [1.82, 2.24) is 4.57 Å². The number of nitrogens with zero attached hydrogens (tertiary/aromatic N) is 2. The van der Waals surface area contributed by atoms with Crippen molar-refractivity contribution in [2.75, 3.05) is 4.90 Å². The summed E-state index contributed by atoms with van der Waals surface area (Å²) in [6.45, 7) is 0. The van der Waals surface area contributed by atoms with Gasteiger partial charge in [-0.15, -0.1) is 0 Å². The van der Waals surface area contributed by atoms with Gasteiger partial charge in [-0.3, -0.25) is 0 Å². The fourth-order valence-corrected chi connectivity index (χ4v) is 8.27. The average Bonchev–Trinajstić information content (AvgIpc) is 3.74. The SMILES string of the molecule is c1ccc(-c2cc(N(c3ccc4c(c3)oc3cc5ccccc5cc34)c3ccc4c5ccccc5n(-c5ccccc5)c4c3)cc3ccccc23)cc1. The van der Waals surface area contributed by atoms with Gasteiger partial charge < -0.3 is 13.9 Å². The largest absolute Gasteiger partial charge is 0.456 e. The van der Waals surface area contributed by atoms with Crippen molar-refractivity contribution in [3.05, 3.63) is 194 Å². The number of hydrogen-bond donors (Lipinski definition) is 0. The lowest BCUT2D eigenvalue weighted by atomic mass is 9.96. The number of furan rings is 1. The summed E-state index contributed by atoms with van der Waals surface area (Å²) in [6, 6.07) is 69.8. The Labute approximate surface area is 306 Å². The monoisotopic (exact) mass is 676 g/mol. The van der Waals surface area contributed by atoms with E-state index in [2.05, 4.69) is 204 Å². The Hall–Kier alpha value is -7.10. The third-order valence-corrected chi connectivity index (χ3v) is 10.7. The van der Waals surface area contributed by atoms with Gasteiger partial charge >= 0.3 is 0 Å². The third-order valence-electron chi connectivity index (χ3n) is 10.7. The van der Waals surface area contributed by atoms with Gasteiger partial charge in [0.15, 0.2) is 0 Å². The first-order chi connectivity index (χ1) is 26.3. The molecule has 0 atom stereocenters. The molecule has 11 rings (SSSR count). The van der Waals surface area contributed by atoms with Crippen LogP contribution in [-0.4, -0.2) is 4.57 Å². The van der Waals surface area contributed by atoms with Crippen LogP contribution >= 0.6 is 0 Å². The molecule has 0 saturated heterocycles. The Morgan fingerprint density at radius 1 is 0.358 bits per heavy atom. The molecule has 0 aliphatic carbocycles. The average molecular weight is 677 g/mol. The van der Waals surface area contributed by atoms with Gasteiger partial charge in [0.25, 0.3) is 0 Å². The Morgan fingerprint density at radius 2 is 0.962 bits per heavy atom. The van der Waals surface area contributed by atoms with E-state index in [0.29, 0.717) is 0 Å². The number of fused-ring (bicyclic) bond motifs is 8. The number of anilines is 3. The normalized spacial score (nSPS) is 11.8. The van der Waals surface area contributed by atoms with Crippen LogP contribution in [-0.2, 0) is 0 Å². The van der Waals surface area contributed by atoms with Crippen LogP contribution in [0.2, 0.25) is 0 Å². The van der Waals surface area contributed by atoms with Gasteiger partial charge in [0.05, 0.1) is 11.0 Å². The van der Waals surface area contributed by atoms with E-state index in [1.165, 1.54) is 49.0 Å². The van der Waals surface area contributed by atoms with E-state index in [1.807, 2.05) is 0 Å². The van der Waals surface area contributed by atoms with Crippen LogP contribution in [0.1, 0.15) is 0 Å². The van der Waals surface area contributed by atoms with Crippen molar-refractivity contribution in [3.8, 4) is 16.8 Å². The molecule has 0 aliphatic heterocycles. The number of aromatic nitrogens is 1. The molecule has 3 heteroatoms.